The van der Waals surface area contributed by atoms with Crippen LogP contribution in [0.3, 0.4) is 0 Å². The summed E-state index contributed by atoms with van der Waals surface area (Å²) < 4.78 is 5.16. The van der Waals surface area contributed by atoms with Gasteiger partial charge in [-0.25, -0.2) is 4.79 Å². The number of carbonyl (C=O) groups excluding carboxylic acids is 1. The maximum atomic E-state index is 12.6. The first-order chi connectivity index (χ1) is 13.9. The van der Waals surface area contributed by atoms with Crippen LogP contribution in [0.2, 0.25) is 5.02 Å². The molecule has 150 valence electrons. The fourth-order valence-corrected chi connectivity index (χ4v) is 3.09. The molecule has 0 aliphatic rings. The predicted octanol–water partition coefficient (Wildman–Crippen LogP) is 3.93. The average molecular weight is 416 g/mol. The van der Waals surface area contributed by atoms with Gasteiger partial charge in [-0.2, -0.15) is 0 Å². The van der Waals surface area contributed by atoms with Gasteiger partial charge in [0.1, 0.15) is 5.58 Å². The zero-order chi connectivity index (χ0) is 21.0. The Morgan fingerprint density at radius 2 is 2.00 bits per heavy atom. The highest BCUT2D eigenvalue weighted by atomic mass is 35.5. The number of hydrogen-bond acceptors (Lipinski definition) is 6. The number of benzene rings is 2. The minimum absolute atomic E-state index is 0.0861. The van der Waals surface area contributed by atoms with Crippen LogP contribution >= 0.6 is 11.6 Å². The summed E-state index contributed by atoms with van der Waals surface area (Å²) in [4.78, 5) is 36.0. The Morgan fingerprint density at radius 1 is 1.24 bits per heavy atom. The third-order valence-electron chi connectivity index (χ3n) is 4.37. The molecule has 1 N–H and O–H groups in total. The molecule has 9 heteroatoms. The first-order valence-electron chi connectivity index (χ1n) is 8.83. The highest BCUT2D eigenvalue weighted by Crippen LogP contribution is 2.23. The number of carbonyl (C=O) groups is 1. The van der Waals surface area contributed by atoms with Gasteiger partial charge in [0.2, 0.25) is 0 Å². The quantitative estimate of drug-likeness (QED) is 0.271. The number of fused-ring (bicyclic) bond motifs is 1. The van der Waals surface area contributed by atoms with Gasteiger partial charge in [0, 0.05) is 43.7 Å². The molecule has 0 aliphatic heterocycles. The molecule has 0 bridgehead atoms. The molecule has 1 heterocycles. The molecule has 3 aromatic rings. The van der Waals surface area contributed by atoms with Gasteiger partial charge in [-0.1, -0.05) is 23.7 Å². The maximum absolute atomic E-state index is 12.6. The lowest BCUT2D eigenvalue weighted by Crippen LogP contribution is -2.29. The van der Waals surface area contributed by atoms with Gasteiger partial charge in [0.05, 0.1) is 21.2 Å². The van der Waals surface area contributed by atoms with Crippen molar-refractivity contribution < 1.29 is 14.1 Å². The van der Waals surface area contributed by atoms with E-state index in [4.69, 9.17) is 16.0 Å². The van der Waals surface area contributed by atoms with Crippen LogP contribution in [0.25, 0.3) is 11.0 Å². The molecule has 8 nitrogen and oxygen atoms in total. The predicted molar refractivity (Wildman–Crippen MR) is 111 cm³/mol. The van der Waals surface area contributed by atoms with E-state index in [0.29, 0.717) is 30.8 Å². The molecule has 0 fully saturated rings. The molecule has 0 unspecified atom stereocenters. The number of anilines is 1. The lowest BCUT2D eigenvalue weighted by atomic mass is 10.1. The molecule has 29 heavy (non-hydrogen) atoms. The zero-order valence-electron chi connectivity index (χ0n) is 15.6. The SMILES string of the molecule is CN(CCCNc1cc(=O)oc2ccccc12)C(=O)c1cc([N+](=O)[O-])ccc1Cl. The molecular weight excluding hydrogens is 398 g/mol. The molecule has 0 aliphatic carbocycles. The van der Waals surface area contributed by atoms with Gasteiger partial charge >= 0.3 is 5.63 Å². The summed E-state index contributed by atoms with van der Waals surface area (Å²) in [5, 5.41) is 15.1. The molecule has 0 atom stereocenters. The Labute approximate surface area is 170 Å². The van der Waals surface area contributed by atoms with Gasteiger partial charge < -0.3 is 14.6 Å². The van der Waals surface area contributed by atoms with Gasteiger partial charge in [0.25, 0.3) is 11.6 Å². The number of nitro benzene ring substituents is 1. The number of amides is 1. The Morgan fingerprint density at radius 3 is 2.76 bits per heavy atom. The van der Waals surface area contributed by atoms with Crippen molar-refractivity contribution in [2.24, 2.45) is 0 Å². The van der Waals surface area contributed by atoms with Crippen molar-refractivity contribution in [2.45, 2.75) is 6.42 Å². The molecular formula is C20H18ClN3O5. The van der Waals surface area contributed by atoms with Crippen molar-refractivity contribution in [3.8, 4) is 0 Å². The second-order valence-electron chi connectivity index (χ2n) is 6.40. The van der Waals surface area contributed by atoms with Crippen molar-refractivity contribution >= 4 is 39.9 Å². The van der Waals surface area contributed by atoms with Crippen LogP contribution in [0.1, 0.15) is 16.8 Å². The second-order valence-corrected chi connectivity index (χ2v) is 6.81. The molecule has 1 amide bonds. The number of nitrogens with one attached hydrogen (secondary N) is 1. The van der Waals surface area contributed by atoms with Crippen LogP contribution in [0.5, 0.6) is 0 Å². The molecule has 0 radical (unpaired) electrons. The molecule has 2 aromatic carbocycles. The van der Waals surface area contributed by atoms with Crippen LogP contribution < -0.4 is 10.9 Å². The standard InChI is InChI=1S/C20H18ClN3O5/c1-23(20(26)15-11-13(24(27)28)7-8-16(15)21)10-4-9-22-17-12-19(25)29-18-6-3-2-5-14(17)18/h2-3,5-8,11-12,22H,4,9-10H2,1H3. The summed E-state index contributed by atoms with van der Waals surface area (Å²) in [6, 6.07) is 12.4. The van der Waals surface area contributed by atoms with Crippen LogP contribution in [0.15, 0.2) is 57.7 Å². The van der Waals surface area contributed by atoms with E-state index in [1.165, 1.54) is 29.2 Å². The van der Waals surface area contributed by atoms with E-state index in [-0.39, 0.29) is 16.3 Å². The van der Waals surface area contributed by atoms with Gasteiger partial charge in [-0.3, -0.25) is 14.9 Å². The van der Waals surface area contributed by atoms with Crippen LogP contribution in [0, 0.1) is 10.1 Å². The van der Waals surface area contributed by atoms with E-state index in [9.17, 15) is 19.7 Å². The minimum atomic E-state index is -0.572. The van der Waals surface area contributed by atoms with Crippen molar-refractivity contribution in [1.29, 1.82) is 0 Å². The van der Waals surface area contributed by atoms with Gasteiger partial charge in [-0.05, 0) is 24.6 Å². The Hall–Kier alpha value is -3.39. The first kappa shape index (κ1) is 20.3. The lowest BCUT2D eigenvalue weighted by molar-refractivity contribution is -0.384. The first-order valence-corrected chi connectivity index (χ1v) is 9.21. The summed E-state index contributed by atoms with van der Waals surface area (Å²) in [5.74, 6) is -0.399. The monoisotopic (exact) mass is 415 g/mol. The Bertz CT molecular complexity index is 1130. The summed E-state index contributed by atoms with van der Waals surface area (Å²) >= 11 is 6.03. The van der Waals surface area contributed by atoms with Gasteiger partial charge in [-0.15, -0.1) is 0 Å². The minimum Gasteiger partial charge on any atom is -0.423 e. The average Bonchev–Trinajstić information content (AvgIpc) is 2.70. The van der Waals surface area contributed by atoms with Crippen molar-refractivity contribution in [2.75, 3.05) is 25.5 Å². The third kappa shape index (κ3) is 4.72. The number of rotatable bonds is 7. The van der Waals surface area contributed by atoms with Crippen LogP contribution in [-0.4, -0.2) is 35.9 Å². The van der Waals surface area contributed by atoms with Crippen LogP contribution in [-0.2, 0) is 0 Å². The van der Waals surface area contributed by atoms with E-state index < -0.39 is 16.5 Å². The smallest absolute Gasteiger partial charge is 0.338 e. The number of nitrogens with zero attached hydrogens (tertiary/aromatic N) is 2. The molecule has 3 rings (SSSR count). The normalized spacial score (nSPS) is 10.7. The lowest BCUT2D eigenvalue weighted by Gasteiger charge is -2.18. The number of halogens is 1. The summed E-state index contributed by atoms with van der Waals surface area (Å²) in [6.45, 7) is 0.901. The number of non-ortho nitro benzene ring substituents is 1. The third-order valence-corrected chi connectivity index (χ3v) is 4.70. The Kier molecular flexibility index (Phi) is 6.13. The highest BCUT2D eigenvalue weighted by molar-refractivity contribution is 6.33. The Balaban J connectivity index is 1.61. The fourth-order valence-electron chi connectivity index (χ4n) is 2.90. The number of para-hydroxylation sites is 1. The topological polar surface area (TPSA) is 106 Å². The molecule has 1 aromatic heterocycles. The van der Waals surface area contributed by atoms with Crippen molar-refractivity contribution in [3.63, 3.8) is 0 Å². The summed E-state index contributed by atoms with van der Waals surface area (Å²) in [5.41, 5.74) is 0.604. The number of nitro groups is 1. The number of hydrogen-bond donors (Lipinski definition) is 1. The van der Waals surface area contributed by atoms with Crippen molar-refractivity contribution in [1.82, 2.24) is 4.90 Å². The van der Waals surface area contributed by atoms with E-state index in [1.807, 2.05) is 12.1 Å². The van der Waals surface area contributed by atoms with Gasteiger partial charge in [0.15, 0.2) is 0 Å². The molecule has 0 spiro atoms. The van der Waals surface area contributed by atoms with Crippen LogP contribution in [0.4, 0.5) is 11.4 Å². The van der Waals surface area contributed by atoms with Crippen molar-refractivity contribution in [3.05, 3.63) is 79.7 Å². The van der Waals surface area contributed by atoms with E-state index in [2.05, 4.69) is 5.32 Å². The van der Waals surface area contributed by atoms with E-state index in [1.54, 1.807) is 19.2 Å². The molecule has 0 saturated heterocycles. The highest BCUT2D eigenvalue weighted by Gasteiger charge is 2.18. The summed E-state index contributed by atoms with van der Waals surface area (Å²) in [7, 11) is 1.60. The second kappa shape index (κ2) is 8.74. The molecule has 0 saturated carbocycles. The maximum Gasteiger partial charge on any atom is 0.338 e. The largest absolute Gasteiger partial charge is 0.423 e. The fraction of sp³-hybridized carbons (Fsp3) is 0.200. The summed E-state index contributed by atoms with van der Waals surface area (Å²) in [6.07, 6.45) is 0.587. The zero-order valence-corrected chi connectivity index (χ0v) is 16.3. The van der Waals surface area contributed by atoms with E-state index >= 15 is 0 Å². The van der Waals surface area contributed by atoms with E-state index in [0.717, 1.165) is 5.39 Å².